The molecule has 1 heterocycles. The fourth-order valence-electron chi connectivity index (χ4n) is 3.25. The Morgan fingerprint density at radius 2 is 1.52 bits per heavy atom. The molecule has 0 unspecified atom stereocenters. The molecule has 8 heteroatoms. The van der Waals surface area contributed by atoms with Gasteiger partial charge in [-0.2, -0.15) is 0 Å². The molecule has 0 fully saturated rings. The minimum Gasteiger partial charge on any atom is -0.497 e. The fourth-order valence-corrected chi connectivity index (χ4v) is 3.25. The largest absolute Gasteiger partial charge is 0.673 e. The van der Waals surface area contributed by atoms with E-state index in [0.29, 0.717) is 0 Å². The summed E-state index contributed by atoms with van der Waals surface area (Å²) in [6.07, 6.45) is 0.986. The lowest BCUT2D eigenvalue weighted by Crippen LogP contribution is -2.70. The zero-order valence-electron chi connectivity index (χ0n) is 18.5. The maximum atomic E-state index is 9.75. The first kappa shape index (κ1) is 24.1. The molecule has 1 N–H and O–H groups in total. The van der Waals surface area contributed by atoms with E-state index in [1.807, 2.05) is 24.3 Å². The molecular formula is C25H24BF4NO2. The van der Waals surface area contributed by atoms with Gasteiger partial charge in [-0.05, 0) is 55.3 Å². The molecule has 0 aliphatic carbocycles. The molecule has 0 saturated carbocycles. The number of aryl methyl sites for hydroxylation is 2. The van der Waals surface area contributed by atoms with Crippen LogP contribution in [0.2, 0.25) is 0 Å². The van der Waals surface area contributed by atoms with E-state index in [-0.39, 0.29) is 0 Å². The van der Waals surface area contributed by atoms with E-state index in [9.17, 15) is 17.3 Å². The monoisotopic (exact) mass is 457 g/mol. The molecule has 0 bridgehead atoms. The van der Waals surface area contributed by atoms with Crippen LogP contribution in [-0.2, 0) is 6.42 Å². The lowest BCUT2D eigenvalue weighted by molar-refractivity contribution is -0.400. The highest BCUT2D eigenvalue weighted by Gasteiger charge is 2.20. The highest BCUT2D eigenvalue weighted by molar-refractivity contribution is 6.50. The van der Waals surface area contributed by atoms with Gasteiger partial charge in [-0.3, -0.25) is 0 Å². The minimum absolute atomic E-state index is 0.814. The van der Waals surface area contributed by atoms with Crippen LogP contribution < -0.4 is 15.1 Å². The van der Waals surface area contributed by atoms with Gasteiger partial charge in [0.15, 0.2) is 0 Å². The van der Waals surface area contributed by atoms with E-state index in [4.69, 9.17) is 9.15 Å². The van der Waals surface area contributed by atoms with Crippen LogP contribution in [0.3, 0.4) is 0 Å². The summed E-state index contributed by atoms with van der Waals surface area (Å²) >= 11 is 0. The number of fused-ring (bicyclic) bond motifs is 1. The smallest absolute Gasteiger partial charge is 0.497 e. The van der Waals surface area contributed by atoms with Crippen LogP contribution >= 0.6 is 0 Å². The maximum absolute atomic E-state index is 9.75. The van der Waals surface area contributed by atoms with Crippen LogP contribution in [0.5, 0.6) is 5.75 Å². The second kappa shape index (κ2) is 10.4. The summed E-state index contributed by atoms with van der Waals surface area (Å²) in [4.78, 5) is 3.57. The van der Waals surface area contributed by atoms with E-state index in [2.05, 4.69) is 67.4 Å². The Morgan fingerprint density at radius 3 is 2.09 bits per heavy atom. The van der Waals surface area contributed by atoms with Crippen molar-refractivity contribution in [2.24, 2.45) is 0 Å². The van der Waals surface area contributed by atoms with E-state index in [1.165, 1.54) is 11.1 Å². The topological polar surface area (TPSA) is 36.3 Å². The highest BCUT2D eigenvalue weighted by atomic mass is 19.5. The molecule has 0 amide bonds. The number of hydrogen-bond acceptors (Lipinski definition) is 2. The van der Waals surface area contributed by atoms with Crippen LogP contribution in [0.1, 0.15) is 18.1 Å². The van der Waals surface area contributed by atoms with Gasteiger partial charge < -0.3 is 26.4 Å². The first-order chi connectivity index (χ1) is 15.7. The third-order valence-electron chi connectivity index (χ3n) is 4.94. The third-order valence-corrected chi connectivity index (χ3v) is 4.94. The van der Waals surface area contributed by atoms with E-state index < -0.39 is 7.25 Å². The lowest BCUT2D eigenvalue weighted by atomic mass is 10.1. The second-order valence-corrected chi connectivity index (χ2v) is 7.42. The molecule has 1 aromatic heterocycles. The predicted octanol–water partition coefficient (Wildman–Crippen LogP) is 5.59. The average molecular weight is 457 g/mol. The van der Waals surface area contributed by atoms with Crippen molar-refractivity contribution in [2.75, 3.05) is 7.11 Å². The van der Waals surface area contributed by atoms with Crippen LogP contribution in [-0.4, -0.2) is 14.4 Å². The molecule has 0 aliphatic heterocycles. The fraction of sp³-hybridized carbons (Fsp3) is 0.160. The van der Waals surface area contributed by atoms with Gasteiger partial charge in [0.05, 0.1) is 18.6 Å². The van der Waals surface area contributed by atoms with Gasteiger partial charge in [0.1, 0.15) is 17.1 Å². The Kier molecular flexibility index (Phi) is 7.58. The summed E-state index contributed by atoms with van der Waals surface area (Å²) in [5, 5.41) is 2.11. The van der Waals surface area contributed by atoms with Gasteiger partial charge in [-0.15, -0.1) is 0 Å². The van der Waals surface area contributed by atoms with Crippen molar-refractivity contribution in [3.63, 3.8) is 0 Å². The van der Waals surface area contributed by atoms with Crippen molar-refractivity contribution in [2.45, 2.75) is 20.3 Å². The summed E-state index contributed by atoms with van der Waals surface area (Å²) in [6.45, 7) is 4.26. The van der Waals surface area contributed by atoms with Gasteiger partial charge in [-0.1, -0.05) is 30.7 Å². The third kappa shape index (κ3) is 6.97. The van der Waals surface area contributed by atoms with E-state index in [0.717, 1.165) is 45.5 Å². The Morgan fingerprint density at radius 1 is 0.879 bits per heavy atom. The van der Waals surface area contributed by atoms with Crippen molar-refractivity contribution < 1.29 is 31.4 Å². The summed E-state index contributed by atoms with van der Waals surface area (Å²) in [5.41, 5.74) is 5.45. The summed E-state index contributed by atoms with van der Waals surface area (Å²) < 4.78 is 50.5. The second-order valence-electron chi connectivity index (χ2n) is 7.42. The Labute approximate surface area is 189 Å². The first-order valence-corrected chi connectivity index (χ1v) is 10.4. The minimum atomic E-state index is -6.00. The molecule has 4 rings (SSSR count). The van der Waals surface area contributed by atoms with Gasteiger partial charge in [0.25, 0.3) is 0 Å². The van der Waals surface area contributed by atoms with Crippen molar-refractivity contribution in [1.82, 2.24) is 0 Å². The summed E-state index contributed by atoms with van der Waals surface area (Å²) in [5.74, 6) is 1.64. The molecule has 4 aromatic rings. The van der Waals surface area contributed by atoms with Gasteiger partial charge in [0, 0.05) is 17.7 Å². The highest BCUT2D eigenvalue weighted by Crippen LogP contribution is 2.24. The standard InChI is InChI=1S/C25H23NO2.BF4/c1-4-18-7-14-24-22(15-18)23(26-20-10-5-17(2)6-11-20)16-25(28-24)19-8-12-21(27-3)13-9-19;2-1(3,4)5/h5-16H,4H2,1-3H3;/q;-1/p+1. The molecule has 0 radical (unpaired) electrons. The molecule has 172 valence electrons. The van der Waals surface area contributed by atoms with Crippen molar-refractivity contribution in [1.29, 1.82) is 0 Å². The number of nitrogens with one attached hydrogen (secondary N) is 1. The lowest BCUT2D eigenvalue weighted by Gasteiger charge is -2.06. The van der Waals surface area contributed by atoms with Crippen LogP contribution in [0.4, 0.5) is 23.0 Å². The number of halogens is 4. The van der Waals surface area contributed by atoms with E-state index >= 15 is 0 Å². The Hall–Kier alpha value is -3.55. The number of benzene rings is 3. The number of ether oxygens (including phenoxy) is 1. The Balaban J connectivity index is 0.000000555. The molecular weight excluding hydrogens is 433 g/mol. The first-order valence-electron chi connectivity index (χ1n) is 10.4. The van der Waals surface area contributed by atoms with Gasteiger partial charge >= 0.3 is 7.25 Å². The zero-order chi connectivity index (χ0) is 24.0. The molecule has 0 aliphatic rings. The van der Waals surface area contributed by atoms with Crippen molar-refractivity contribution >= 4 is 23.9 Å². The van der Waals surface area contributed by atoms with E-state index in [1.54, 1.807) is 7.11 Å². The van der Waals surface area contributed by atoms with Gasteiger partial charge in [-0.25, -0.2) is 4.99 Å². The molecule has 3 aromatic carbocycles. The Bertz CT molecular complexity index is 1280. The normalized spacial score (nSPS) is 11.8. The number of methoxy groups -OCH3 is 1. The zero-order valence-corrected chi connectivity index (χ0v) is 18.5. The molecule has 3 nitrogen and oxygen atoms in total. The van der Waals surface area contributed by atoms with Crippen LogP contribution in [0.25, 0.3) is 22.3 Å². The SMILES string of the molecule is CCc1ccc2oc(-c3ccc(OC)cc3)cc(=[NH+]c3ccc(C)cc3)c2c1.F[B-](F)(F)F. The molecule has 0 atom stereocenters. The molecule has 0 saturated heterocycles. The predicted molar refractivity (Wildman–Crippen MR) is 123 cm³/mol. The van der Waals surface area contributed by atoms with Crippen molar-refractivity contribution in [3.05, 3.63) is 89.3 Å². The van der Waals surface area contributed by atoms with Gasteiger partial charge in [0.2, 0.25) is 11.0 Å². The summed E-state index contributed by atoms with van der Waals surface area (Å²) in [6, 6.07) is 24.8. The van der Waals surface area contributed by atoms with Crippen molar-refractivity contribution in [3.8, 4) is 17.1 Å². The molecule has 0 spiro atoms. The van der Waals surface area contributed by atoms with Crippen LogP contribution in [0, 0.1) is 6.92 Å². The molecule has 33 heavy (non-hydrogen) atoms. The maximum Gasteiger partial charge on any atom is 0.673 e. The number of hydrogen-bond donors (Lipinski definition) is 1. The number of rotatable bonds is 4. The van der Waals surface area contributed by atoms with Crippen LogP contribution in [0.15, 0.2) is 77.2 Å². The average Bonchev–Trinajstić information content (AvgIpc) is 2.79. The quantitative estimate of drug-likeness (QED) is 0.320. The summed E-state index contributed by atoms with van der Waals surface area (Å²) in [7, 11) is -4.33.